The molecule has 0 aliphatic heterocycles. The van der Waals surface area contributed by atoms with Gasteiger partial charge in [-0.3, -0.25) is 9.78 Å². The number of hydrogen-bond acceptors (Lipinski definition) is 4. The van der Waals surface area contributed by atoms with E-state index in [4.69, 9.17) is 9.47 Å². The molecule has 1 amide bonds. The molecule has 25 heavy (non-hydrogen) atoms. The van der Waals surface area contributed by atoms with Crippen LogP contribution in [-0.2, 0) is 16.1 Å². The van der Waals surface area contributed by atoms with Gasteiger partial charge >= 0.3 is 0 Å². The van der Waals surface area contributed by atoms with Gasteiger partial charge in [0.2, 0.25) is 5.91 Å². The third kappa shape index (κ3) is 5.87. The van der Waals surface area contributed by atoms with Crippen LogP contribution in [0.25, 0.3) is 0 Å². The van der Waals surface area contributed by atoms with Crippen LogP contribution in [-0.4, -0.2) is 24.1 Å². The fourth-order valence-electron chi connectivity index (χ4n) is 2.47. The topological polar surface area (TPSA) is 60.5 Å². The number of nitrogens with zero attached hydrogens (tertiary/aromatic N) is 1. The Hall–Kier alpha value is -2.40. The van der Waals surface area contributed by atoms with Crippen LogP contribution in [0.2, 0.25) is 0 Å². The number of rotatable bonds is 9. The van der Waals surface area contributed by atoms with Gasteiger partial charge in [-0.05, 0) is 49.4 Å². The second kappa shape index (κ2) is 8.62. The van der Waals surface area contributed by atoms with Crippen molar-refractivity contribution in [1.29, 1.82) is 0 Å². The molecule has 0 saturated heterocycles. The quantitative estimate of drug-likeness (QED) is 0.761. The first-order valence-corrected chi connectivity index (χ1v) is 8.69. The van der Waals surface area contributed by atoms with Crippen molar-refractivity contribution in [1.82, 2.24) is 10.3 Å². The highest BCUT2D eigenvalue weighted by atomic mass is 16.5. The molecule has 1 aromatic carbocycles. The fraction of sp³-hybridized carbons (Fsp3) is 0.400. The molecule has 1 atom stereocenters. The first-order valence-electron chi connectivity index (χ1n) is 8.69. The molecule has 1 fully saturated rings. The summed E-state index contributed by atoms with van der Waals surface area (Å²) in [5, 5.41) is 2.95. The Kier molecular flexibility index (Phi) is 6.01. The molecule has 1 N–H and O–H groups in total. The summed E-state index contributed by atoms with van der Waals surface area (Å²) in [5.41, 5.74) is 2.06. The molecule has 1 heterocycles. The lowest BCUT2D eigenvalue weighted by Crippen LogP contribution is -2.30. The zero-order valence-corrected chi connectivity index (χ0v) is 14.5. The van der Waals surface area contributed by atoms with Gasteiger partial charge in [-0.1, -0.05) is 18.2 Å². The lowest BCUT2D eigenvalue weighted by Gasteiger charge is -2.15. The van der Waals surface area contributed by atoms with E-state index in [0.717, 1.165) is 16.9 Å². The molecule has 0 radical (unpaired) electrons. The van der Waals surface area contributed by atoms with Gasteiger partial charge in [0.1, 0.15) is 19.0 Å². The van der Waals surface area contributed by atoms with Crippen LogP contribution in [0.3, 0.4) is 0 Å². The Labute approximate surface area is 148 Å². The molecule has 1 saturated carbocycles. The molecule has 5 heteroatoms. The predicted octanol–water partition coefficient (Wildman–Crippen LogP) is 3.26. The second-order valence-corrected chi connectivity index (χ2v) is 6.47. The maximum atomic E-state index is 11.9. The number of benzene rings is 1. The highest BCUT2D eigenvalue weighted by molar-refractivity contribution is 5.77. The van der Waals surface area contributed by atoms with E-state index in [0.29, 0.717) is 19.1 Å². The van der Waals surface area contributed by atoms with E-state index in [-0.39, 0.29) is 18.6 Å². The minimum atomic E-state index is -0.0787. The first-order chi connectivity index (χ1) is 12.2. The van der Waals surface area contributed by atoms with E-state index >= 15 is 0 Å². The molecule has 0 spiro atoms. The smallest absolute Gasteiger partial charge is 0.246 e. The summed E-state index contributed by atoms with van der Waals surface area (Å²) >= 11 is 0. The molecule has 5 nitrogen and oxygen atoms in total. The highest BCUT2D eigenvalue weighted by Gasteiger charge is 2.21. The number of aromatic nitrogens is 1. The molecule has 132 valence electrons. The van der Waals surface area contributed by atoms with Crippen LogP contribution in [0.15, 0.2) is 48.8 Å². The number of pyridine rings is 1. The van der Waals surface area contributed by atoms with Crippen LogP contribution in [0.5, 0.6) is 5.75 Å². The third-order valence-electron chi connectivity index (χ3n) is 4.17. The fourth-order valence-corrected chi connectivity index (χ4v) is 2.47. The van der Waals surface area contributed by atoms with Crippen molar-refractivity contribution in [2.75, 3.05) is 13.2 Å². The van der Waals surface area contributed by atoms with E-state index in [9.17, 15) is 4.79 Å². The van der Waals surface area contributed by atoms with Crippen molar-refractivity contribution in [3.63, 3.8) is 0 Å². The van der Waals surface area contributed by atoms with Crippen LogP contribution < -0.4 is 10.1 Å². The summed E-state index contributed by atoms with van der Waals surface area (Å²) < 4.78 is 11.2. The Bertz CT molecular complexity index is 669. The van der Waals surface area contributed by atoms with Gasteiger partial charge in [-0.25, -0.2) is 0 Å². The summed E-state index contributed by atoms with van der Waals surface area (Å²) in [6.45, 7) is 3.28. The average molecular weight is 340 g/mol. The first kappa shape index (κ1) is 17.4. The van der Waals surface area contributed by atoms with Gasteiger partial charge in [-0.15, -0.1) is 0 Å². The molecule has 1 aromatic heterocycles. The second-order valence-electron chi connectivity index (χ2n) is 6.47. The van der Waals surface area contributed by atoms with Crippen molar-refractivity contribution >= 4 is 5.91 Å². The number of hydrogen-bond donors (Lipinski definition) is 1. The van der Waals surface area contributed by atoms with Crippen molar-refractivity contribution in [2.24, 2.45) is 5.92 Å². The predicted molar refractivity (Wildman–Crippen MR) is 95.1 cm³/mol. The van der Waals surface area contributed by atoms with Crippen molar-refractivity contribution in [3.05, 3.63) is 59.9 Å². The summed E-state index contributed by atoms with van der Waals surface area (Å²) in [4.78, 5) is 16.0. The van der Waals surface area contributed by atoms with Crippen LogP contribution >= 0.6 is 0 Å². The SMILES string of the molecule is C[C@H](NC(=O)COCC1CC1)c1ccc(OCc2cccnc2)cc1. The minimum absolute atomic E-state index is 0.0654. The number of carbonyl (C=O) groups excluding carboxylic acids is 1. The Balaban J connectivity index is 1.43. The lowest BCUT2D eigenvalue weighted by atomic mass is 10.1. The normalized spacial score (nSPS) is 14.8. The van der Waals surface area contributed by atoms with E-state index < -0.39 is 0 Å². The number of carbonyl (C=O) groups is 1. The number of nitrogens with one attached hydrogen (secondary N) is 1. The van der Waals surface area contributed by atoms with E-state index in [2.05, 4.69) is 10.3 Å². The van der Waals surface area contributed by atoms with Gasteiger partial charge in [0.25, 0.3) is 0 Å². The molecule has 1 aliphatic rings. The van der Waals surface area contributed by atoms with Crippen molar-refractivity contribution in [2.45, 2.75) is 32.4 Å². The van der Waals surface area contributed by atoms with Crippen LogP contribution in [0.4, 0.5) is 0 Å². The highest BCUT2D eigenvalue weighted by Crippen LogP contribution is 2.28. The molecular formula is C20H24N2O3. The molecular weight excluding hydrogens is 316 g/mol. The van der Waals surface area contributed by atoms with Gasteiger partial charge in [-0.2, -0.15) is 0 Å². The number of ether oxygens (including phenoxy) is 2. The lowest BCUT2D eigenvalue weighted by molar-refractivity contribution is -0.126. The minimum Gasteiger partial charge on any atom is -0.489 e. The average Bonchev–Trinajstić information content (AvgIpc) is 3.45. The Morgan fingerprint density at radius 1 is 1.28 bits per heavy atom. The monoisotopic (exact) mass is 340 g/mol. The molecule has 3 rings (SSSR count). The molecule has 0 bridgehead atoms. The standard InChI is InChI=1S/C20H24N2O3/c1-15(22-20(23)14-24-12-16-4-5-16)18-6-8-19(9-7-18)25-13-17-3-2-10-21-11-17/h2-3,6-11,15-16H,4-5,12-14H2,1H3,(H,22,23)/t15-/m0/s1. The summed E-state index contributed by atoms with van der Waals surface area (Å²) in [5.74, 6) is 1.38. The van der Waals surface area contributed by atoms with E-state index in [1.54, 1.807) is 12.4 Å². The van der Waals surface area contributed by atoms with Crippen LogP contribution in [0, 0.1) is 5.92 Å². The zero-order valence-electron chi connectivity index (χ0n) is 14.5. The van der Waals surface area contributed by atoms with Crippen molar-refractivity contribution in [3.8, 4) is 5.75 Å². The molecule has 2 aromatic rings. The molecule has 1 aliphatic carbocycles. The molecule has 0 unspecified atom stereocenters. The summed E-state index contributed by atoms with van der Waals surface area (Å²) in [7, 11) is 0. The largest absolute Gasteiger partial charge is 0.489 e. The Morgan fingerprint density at radius 2 is 2.08 bits per heavy atom. The summed E-state index contributed by atoms with van der Waals surface area (Å²) in [6.07, 6.45) is 5.99. The third-order valence-corrected chi connectivity index (χ3v) is 4.17. The maximum Gasteiger partial charge on any atom is 0.246 e. The number of amides is 1. The maximum absolute atomic E-state index is 11.9. The van der Waals surface area contributed by atoms with Gasteiger partial charge in [0, 0.05) is 18.0 Å². The van der Waals surface area contributed by atoms with Crippen molar-refractivity contribution < 1.29 is 14.3 Å². The van der Waals surface area contributed by atoms with Crippen LogP contribution in [0.1, 0.15) is 36.9 Å². The summed E-state index contributed by atoms with van der Waals surface area (Å²) in [6, 6.07) is 11.6. The van der Waals surface area contributed by atoms with E-state index in [1.165, 1.54) is 12.8 Å². The van der Waals surface area contributed by atoms with Gasteiger partial charge < -0.3 is 14.8 Å². The van der Waals surface area contributed by atoms with E-state index in [1.807, 2.05) is 43.3 Å². The zero-order chi connectivity index (χ0) is 17.5. The van der Waals surface area contributed by atoms with Gasteiger partial charge in [0.15, 0.2) is 0 Å². The van der Waals surface area contributed by atoms with Gasteiger partial charge in [0.05, 0.1) is 12.6 Å². The Morgan fingerprint density at radius 3 is 2.76 bits per heavy atom.